The van der Waals surface area contributed by atoms with Gasteiger partial charge in [0.25, 0.3) is 5.91 Å². The maximum Gasteiger partial charge on any atom is 0.294 e. The molecular weight excluding hydrogens is 445 g/mol. The molecule has 2 atom stereocenters. The summed E-state index contributed by atoms with van der Waals surface area (Å²) >= 11 is 0. The number of halogens is 1. The van der Waals surface area contributed by atoms with E-state index in [1.165, 1.54) is 22.0 Å². The normalized spacial score (nSPS) is 28.9. The van der Waals surface area contributed by atoms with Gasteiger partial charge in [-0.05, 0) is 25.7 Å². The molecule has 0 radical (unpaired) electrons. The maximum atomic E-state index is 14.7. The summed E-state index contributed by atoms with van der Waals surface area (Å²) in [6, 6.07) is -0.679. The van der Waals surface area contributed by atoms with Gasteiger partial charge < -0.3 is 20.2 Å². The lowest BCUT2D eigenvalue weighted by molar-refractivity contribution is -0.147. The molecule has 3 aliphatic heterocycles. The van der Waals surface area contributed by atoms with Crippen LogP contribution in [0.1, 0.15) is 25.7 Å². The van der Waals surface area contributed by atoms with Crippen LogP contribution in [-0.2, 0) is 14.4 Å². The van der Waals surface area contributed by atoms with Crippen molar-refractivity contribution in [2.24, 2.45) is 16.8 Å². The van der Waals surface area contributed by atoms with Gasteiger partial charge in [-0.3, -0.25) is 14.4 Å². The van der Waals surface area contributed by atoms with E-state index in [4.69, 9.17) is 0 Å². The number of piperazine rings is 1. The number of aromatic nitrogens is 3. The first-order valence-corrected chi connectivity index (χ1v) is 11.5. The van der Waals surface area contributed by atoms with E-state index < -0.39 is 29.5 Å². The lowest BCUT2D eigenvalue weighted by atomic mass is 9.86. The highest BCUT2D eigenvalue weighted by Gasteiger charge is 2.44. The van der Waals surface area contributed by atoms with Crippen molar-refractivity contribution in [1.29, 1.82) is 0 Å². The van der Waals surface area contributed by atoms with Crippen LogP contribution in [0.4, 0.5) is 4.39 Å². The Hall–Kier alpha value is -3.41. The number of carbonyl (C=O) groups excluding carboxylic acids is 3. The number of Topliss-reactive ketones (excluding diaryl/α,β-unsaturated/α-hetero) is 1. The molecule has 5 rings (SSSR count). The molecule has 1 aromatic heterocycles. The van der Waals surface area contributed by atoms with E-state index in [2.05, 4.69) is 20.6 Å². The fourth-order valence-electron chi connectivity index (χ4n) is 5.08. The Morgan fingerprint density at radius 3 is 2.44 bits per heavy atom. The molecule has 34 heavy (non-hydrogen) atoms. The van der Waals surface area contributed by atoms with E-state index in [9.17, 15) is 23.9 Å². The van der Waals surface area contributed by atoms with E-state index in [0.29, 0.717) is 44.6 Å². The number of aliphatic imine (C=N–C) groups is 1. The van der Waals surface area contributed by atoms with Crippen LogP contribution in [0.5, 0.6) is 0 Å². The average molecular weight is 471 g/mol. The Kier molecular flexibility index (Phi) is 5.98. The molecule has 1 aliphatic carbocycles. The van der Waals surface area contributed by atoms with Gasteiger partial charge in [0.2, 0.25) is 11.7 Å². The summed E-state index contributed by atoms with van der Waals surface area (Å²) in [7, 11) is 0. The van der Waals surface area contributed by atoms with E-state index in [1.807, 2.05) is 0 Å². The molecule has 180 valence electrons. The molecule has 0 aromatic carbocycles. The van der Waals surface area contributed by atoms with E-state index in [0.717, 1.165) is 6.20 Å². The van der Waals surface area contributed by atoms with Crippen LogP contribution >= 0.6 is 0 Å². The fourth-order valence-corrected chi connectivity index (χ4v) is 5.08. The summed E-state index contributed by atoms with van der Waals surface area (Å²) in [6.45, 7) is 1.17. The molecule has 4 aliphatic rings. The predicted octanol–water partition coefficient (Wildman–Crippen LogP) is -0.388. The van der Waals surface area contributed by atoms with E-state index >= 15 is 0 Å². The van der Waals surface area contributed by atoms with Crippen LogP contribution in [0.2, 0.25) is 0 Å². The van der Waals surface area contributed by atoms with Crippen LogP contribution < -0.4 is 5.32 Å². The van der Waals surface area contributed by atoms with Crippen LogP contribution in [0.3, 0.4) is 0 Å². The van der Waals surface area contributed by atoms with Crippen LogP contribution in [0, 0.1) is 11.8 Å². The third-order valence-corrected chi connectivity index (χ3v) is 7.02. The Bertz CT molecular complexity index is 1070. The van der Waals surface area contributed by atoms with Crippen molar-refractivity contribution in [3.63, 3.8) is 0 Å². The number of carbonyl (C=O) groups is 3. The lowest BCUT2D eigenvalue weighted by Crippen LogP contribution is -2.54. The van der Waals surface area contributed by atoms with E-state index in [-0.39, 0.29) is 36.6 Å². The first kappa shape index (κ1) is 22.4. The second kappa shape index (κ2) is 9.09. The number of rotatable bonds is 3. The monoisotopic (exact) mass is 471 g/mol. The summed E-state index contributed by atoms with van der Waals surface area (Å²) < 4.78 is 16.1. The molecule has 2 fully saturated rings. The van der Waals surface area contributed by atoms with Crippen LogP contribution in [0.25, 0.3) is 0 Å². The van der Waals surface area contributed by atoms with Crippen LogP contribution in [0.15, 0.2) is 41.2 Å². The van der Waals surface area contributed by atoms with Gasteiger partial charge in [-0.15, -0.1) is 5.10 Å². The number of fused-ring (bicyclic) bond motifs is 1. The highest BCUT2D eigenvalue weighted by atomic mass is 19.1. The van der Waals surface area contributed by atoms with Gasteiger partial charge in [0.1, 0.15) is 5.83 Å². The zero-order chi connectivity index (χ0) is 23.8. The van der Waals surface area contributed by atoms with Crippen molar-refractivity contribution in [2.75, 3.05) is 26.2 Å². The largest absolute Gasteiger partial charge is 0.393 e. The number of aliphatic hydroxyl groups is 1. The molecule has 11 nitrogen and oxygen atoms in total. The number of nitrogens with one attached hydrogen (secondary N) is 1. The third-order valence-electron chi connectivity index (χ3n) is 7.02. The summed E-state index contributed by atoms with van der Waals surface area (Å²) in [5.74, 6) is -2.75. The molecule has 1 saturated heterocycles. The summed E-state index contributed by atoms with van der Waals surface area (Å²) in [4.78, 5) is 46.0. The molecule has 4 heterocycles. The third kappa shape index (κ3) is 4.02. The number of hydrogen-bond acceptors (Lipinski definition) is 8. The quantitative estimate of drug-likeness (QED) is 0.574. The number of ketones is 1. The average Bonchev–Trinajstić information content (AvgIpc) is 3.55. The summed E-state index contributed by atoms with van der Waals surface area (Å²) in [5, 5.41) is 20.2. The van der Waals surface area contributed by atoms with Crippen molar-refractivity contribution in [3.05, 3.63) is 36.2 Å². The zero-order valence-corrected chi connectivity index (χ0v) is 18.5. The highest BCUT2D eigenvalue weighted by Crippen LogP contribution is 2.34. The molecule has 12 heteroatoms. The Morgan fingerprint density at radius 1 is 1.06 bits per heavy atom. The number of hydrogen-bond donors (Lipinski definition) is 2. The zero-order valence-electron chi connectivity index (χ0n) is 18.5. The second-order valence-electron chi connectivity index (χ2n) is 9.02. The number of amides is 2. The van der Waals surface area contributed by atoms with Crippen molar-refractivity contribution >= 4 is 23.4 Å². The second-order valence-corrected chi connectivity index (χ2v) is 9.02. The topological polar surface area (TPSA) is 133 Å². The Morgan fingerprint density at radius 2 is 1.76 bits per heavy atom. The molecular formula is C22H26FN7O4. The molecule has 2 unspecified atom stereocenters. The number of aliphatic hydroxyl groups excluding tert-OH is 1. The minimum Gasteiger partial charge on any atom is -0.393 e. The predicted molar refractivity (Wildman–Crippen MR) is 117 cm³/mol. The van der Waals surface area contributed by atoms with Crippen molar-refractivity contribution in [1.82, 2.24) is 30.1 Å². The summed E-state index contributed by atoms with van der Waals surface area (Å²) in [5.41, 5.74) is 0.0375. The molecule has 0 bridgehead atoms. The molecule has 1 aromatic rings. The van der Waals surface area contributed by atoms with Crippen molar-refractivity contribution in [3.8, 4) is 0 Å². The SMILES string of the molecule is O=C(C(=O)N1CCN(C(=O)C2CCC(O)CC2)CC1)C1=CNC2C(n3ccnn3)=NC=C(F)C12. The Balaban J connectivity index is 1.20. The molecule has 0 spiro atoms. The summed E-state index contributed by atoms with van der Waals surface area (Å²) in [6.07, 6.45) is 7.70. The molecule has 2 amide bonds. The smallest absolute Gasteiger partial charge is 0.294 e. The lowest BCUT2D eigenvalue weighted by Gasteiger charge is -2.37. The van der Waals surface area contributed by atoms with Gasteiger partial charge in [-0.2, -0.15) is 0 Å². The molecule has 1 saturated carbocycles. The van der Waals surface area contributed by atoms with Gasteiger partial charge >= 0.3 is 0 Å². The van der Waals surface area contributed by atoms with Gasteiger partial charge in [-0.1, -0.05) is 5.21 Å². The van der Waals surface area contributed by atoms with Crippen LogP contribution in [-0.4, -0.2) is 91.7 Å². The Labute approximate surface area is 195 Å². The first-order valence-electron chi connectivity index (χ1n) is 11.5. The minimum absolute atomic E-state index is 0.0375. The standard InChI is InChI=1S/C22H26FN7O4/c23-16-12-25-20(30-6-5-26-27-30)18-17(16)15(11-24-18)19(32)22(34)29-9-7-28(8-10-29)21(33)13-1-3-14(31)4-2-13/h5-6,11-14,17-18,24,31H,1-4,7-10H2. The highest BCUT2D eigenvalue weighted by molar-refractivity contribution is 6.43. The van der Waals surface area contributed by atoms with Gasteiger partial charge in [-0.25, -0.2) is 14.1 Å². The minimum atomic E-state index is -0.974. The van der Waals surface area contributed by atoms with Gasteiger partial charge in [0.15, 0.2) is 5.84 Å². The maximum absolute atomic E-state index is 14.7. The molecule has 2 N–H and O–H groups in total. The number of nitrogens with zero attached hydrogens (tertiary/aromatic N) is 6. The van der Waals surface area contributed by atoms with Gasteiger partial charge in [0, 0.05) is 43.9 Å². The first-order chi connectivity index (χ1) is 16.4. The van der Waals surface area contributed by atoms with Crippen molar-refractivity contribution < 1.29 is 23.9 Å². The van der Waals surface area contributed by atoms with Crippen molar-refractivity contribution in [2.45, 2.75) is 37.8 Å². The van der Waals surface area contributed by atoms with Gasteiger partial charge in [0.05, 0.1) is 36.7 Å². The fraction of sp³-hybridized carbons (Fsp3) is 0.545. The van der Waals surface area contributed by atoms with E-state index in [1.54, 1.807) is 11.1 Å².